The van der Waals surface area contributed by atoms with Crippen molar-refractivity contribution >= 4 is 6.29 Å². The van der Waals surface area contributed by atoms with E-state index in [1.165, 1.54) is 6.07 Å². The van der Waals surface area contributed by atoms with E-state index >= 15 is 0 Å². The minimum absolute atomic E-state index is 0. The second-order valence-corrected chi connectivity index (χ2v) is 1.68. The number of hydrogen-bond donors (Lipinski definition) is 1. The lowest BCUT2D eigenvalue weighted by molar-refractivity contribution is 0.112. The van der Waals surface area contributed by atoms with E-state index in [2.05, 4.69) is 0 Å². The van der Waals surface area contributed by atoms with Crippen LogP contribution in [0, 0.1) is 0 Å². The van der Waals surface area contributed by atoms with Gasteiger partial charge in [-0.2, -0.15) is 0 Å². The quantitative estimate of drug-likeness (QED) is 0.601. The number of carbonyl (C=O) groups excluding carboxylic acids is 1. The van der Waals surface area contributed by atoms with Gasteiger partial charge >= 0.3 is 0 Å². The van der Waals surface area contributed by atoms with Crippen LogP contribution in [0.1, 0.15) is 10.4 Å². The number of rotatable bonds is 1. The van der Waals surface area contributed by atoms with E-state index in [1.54, 1.807) is 18.2 Å². The van der Waals surface area contributed by atoms with Gasteiger partial charge in [0, 0.05) is 0 Å². The van der Waals surface area contributed by atoms with Crippen LogP contribution >= 0.6 is 0 Å². The zero-order valence-corrected chi connectivity index (χ0v) is 5.15. The Labute approximate surface area is 57.5 Å². The molecule has 0 aromatic heterocycles. The molecule has 10 heavy (non-hydrogen) atoms. The fourth-order valence-electron chi connectivity index (χ4n) is 0.587. The zero-order chi connectivity index (χ0) is 6.69. The van der Waals surface area contributed by atoms with Crippen molar-refractivity contribution in [2.75, 3.05) is 0 Å². The number of benzene rings is 1. The number of halogens is 1. The van der Waals surface area contributed by atoms with E-state index in [0.29, 0.717) is 11.8 Å². The number of carbonyl (C=O) groups is 1. The molecule has 0 atom stereocenters. The van der Waals surface area contributed by atoms with Crippen LogP contribution in [0.3, 0.4) is 0 Å². The van der Waals surface area contributed by atoms with Crippen LogP contribution in [0.25, 0.3) is 0 Å². The Bertz CT molecular complexity index is 223. The molecule has 0 aliphatic rings. The van der Waals surface area contributed by atoms with Crippen molar-refractivity contribution in [3.63, 3.8) is 0 Å². The molecule has 1 aromatic rings. The fraction of sp³-hybridized carbons (Fsp3) is 0. The van der Waals surface area contributed by atoms with Crippen molar-refractivity contribution < 1.29 is 14.6 Å². The number of aldehydes is 1. The molecule has 1 aromatic carbocycles. The molecule has 54 valence electrons. The van der Waals surface area contributed by atoms with Crippen LogP contribution < -0.4 is 0 Å². The molecule has 0 aliphatic heterocycles. The molecule has 0 spiro atoms. The molecule has 0 aliphatic carbocycles. The van der Waals surface area contributed by atoms with Gasteiger partial charge in [-0.3, -0.25) is 9.50 Å². The van der Waals surface area contributed by atoms with Crippen LogP contribution in [0.15, 0.2) is 24.3 Å². The Hall–Kier alpha value is -1.38. The second kappa shape index (κ2) is 3.61. The van der Waals surface area contributed by atoms with Crippen LogP contribution in [0.5, 0.6) is 5.75 Å². The molecule has 0 fully saturated rings. The molecule has 2 nitrogen and oxygen atoms in total. The van der Waals surface area contributed by atoms with Gasteiger partial charge < -0.3 is 5.11 Å². The van der Waals surface area contributed by atoms with Gasteiger partial charge in [-0.15, -0.1) is 0 Å². The van der Waals surface area contributed by atoms with E-state index in [1.807, 2.05) is 0 Å². The second-order valence-electron chi connectivity index (χ2n) is 1.68. The number of para-hydroxylation sites is 1. The first-order valence-corrected chi connectivity index (χ1v) is 2.58. The van der Waals surface area contributed by atoms with Crippen LogP contribution in [0.2, 0.25) is 0 Å². The smallest absolute Gasteiger partial charge is 0.153 e. The van der Waals surface area contributed by atoms with Crippen molar-refractivity contribution in [1.29, 1.82) is 0 Å². The molecule has 0 saturated carbocycles. The molecular weight excluding hydrogens is 135 g/mol. The number of phenolic OH excluding ortho intramolecular Hbond substituents is 1. The van der Waals surface area contributed by atoms with Gasteiger partial charge in [0.05, 0.1) is 5.56 Å². The molecule has 0 radical (unpaired) electrons. The molecule has 0 amide bonds. The molecule has 0 bridgehead atoms. The minimum atomic E-state index is 0. The average Bonchev–Trinajstić information content (AvgIpc) is 1.89. The summed E-state index contributed by atoms with van der Waals surface area (Å²) in [6.07, 6.45) is 0.620. The van der Waals surface area contributed by atoms with Crippen molar-refractivity contribution in [1.82, 2.24) is 0 Å². The summed E-state index contributed by atoms with van der Waals surface area (Å²) >= 11 is 0. The fourth-order valence-corrected chi connectivity index (χ4v) is 0.587. The van der Waals surface area contributed by atoms with Gasteiger partial charge in [0.2, 0.25) is 0 Å². The first-order valence-electron chi connectivity index (χ1n) is 2.58. The van der Waals surface area contributed by atoms with Crippen molar-refractivity contribution in [2.45, 2.75) is 0 Å². The Kier molecular flexibility index (Phi) is 3.11. The van der Waals surface area contributed by atoms with Gasteiger partial charge in [0.25, 0.3) is 0 Å². The molecule has 1 N–H and O–H groups in total. The highest BCUT2D eigenvalue weighted by atomic mass is 19.0. The van der Waals surface area contributed by atoms with Gasteiger partial charge in [0.1, 0.15) is 5.75 Å². The Morgan fingerprint density at radius 3 is 2.30 bits per heavy atom. The first kappa shape index (κ1) is 8.62. The standard InChI is InChI=1S/C7H6O2.FH/c8-5-6-3-1-2-4-7(6)9;/h1-5,9H;1H. The van der Waals surface area contributed by atoms with Crippen molar-refractivity contribution in [3.05, 3.63) is 29.8 Å². The summed E-state index contributed by atoms with van der Waals surface area (Å²) in [5.74, 6) is 0.0347. The summed E-state index contributed by atoms with van der Waals surface area (Å²) < 4.78 is 0. The molecule has 0 unspecified atom stereocenters. The number of aromatic hydroxyl groups is 1. The maximum atomic E-state index is 10.1. The van der Waals surface area contributed by atoms with E-state index < -0.39 is 0 Å². The predicted octanol–water partition coefficient (Wildman–Crippen LogP) is 1.36. The summed E-state index contributed by atoms with van der Waals surface area (Å²) in [7, 11) is 0. The van der Waals surface area contributed by atoms with Gasteiger partial charge in [0.15, 0.2) is 6.29 Å². The zero-order valence-electron chi connectivity index (χ0n) is 5.15. The Balaban J connectivity index is 0.000000810. The molecule has 3 heteroatoms. The van der Waals surface area contributed by atoms with Crippen molar-refractivity contribution in [2.24, 2.45) is 0 Å². The SMILES string of the molecule is F.O=Cc1ccccc1O. The lowest BCUT2D eigenvalue weighted by Crippen LogP contribution is -1.77. The van der Waals surface area contributed by atoms with E-state index in [9.17, 15) is 4.79 Å². The highest BCUT2D eigenvalue weighted by molar-refractivity contribution is 5.78. The molecular formula is C7H7FO2. The Morgan fingerprint density at radius 2 is 1.90 bits per heavy atom. The Morgan fingerprint density at radius 1 is 1.30 bits per heavy atom. The molecule has 1 rings (SSSR count). The third-order valence-electron chi connectivity index (χ3n) is 1.06. The maximum absolute atomic E-state index is 10.1. The summed E-state index contributed by atoms with van der Waals surface area (Å²) in [6.45, 7) is 0. The summed E-state index contributed by atoms with van der Waals surface area (Å²) in [5.41, 5.74) is 0.331. The first-order chi connectivity index (χ1) is 4.34. The predicted molar refractivity (Wildman–Crippen MR) is 36.0 cm³/mol. The number of phenols is 1. The van der Waals surface area contributed by atoms with Crippen LogP contribution in [-0.4, -0.2) is 11.4 Å². The van der Waals surface area contributed by atoms with E-state index in [4.69, 9.17) is 5.11 Å². The van der Waals surface area contributed by atoms with Gasteiger partial charge in [-0.1, -0.05) is 12.1 Å². The van der Waals surface area contributed by atoms with Gasteiger partial charge in [-0.05, 0) is 12.1 Å². The maximum Gasteiger partial charge on any atom is 0.153 e. The highest BCUT2D eigenvalue weighted by Gasteiger charge is 1.93. The lowest BCUT2D eigenvalue weighted by Gasteiger charge is -1.91. The average molecular weight is 142 g/mol. The van der Waals surface area contributed by atoms with Crippen molar-refractivity contribution in [3.8, 4) is 5.75 Å². The third-order valence-corrected chi connectivity index (χ3v) is 1.06. The van der Waals surface area contributed by atoms with E-state index in [-0.39, 0.29) is 10.5 Å². The number of hydrogen-bond acceptors (Lipinski definition) is 2. The summed E-state index contributed by atoms with van der Waals surface area (Å²) in [4.78, 5) is 10.1. The molecule has 0 heterocycles. The van der Waals surface area contributed by atoms with E-state index in [0.717, 1.165) is 0 Å². The largest absolute Gasteiger partial charge is 0.507 e. The van der Waals surface area contributed by atoms with Gasteiger partial charge in [-0.25, -0.2) is 0 Å². The summed E-state index contributed by atoms with van der Waals surface area (Å²) in [5, 5.41) is 8.88. The minimum Gasteiger partial charge on any atom is -0.507 e. The van der Waals surface area contributed by atoms with Crippen LogP contribution in [-0.2, 0) is 0 Å². The molecule has 0 saturated heterocycles. The summed E-state index contributed by atoms with van der Waals surface area (Å²) in [6, 6.07) is 6.40. The third kappa shape index (κ3) is 1.55. The highest BCUT2D eigenvalue weighted by Crippen LogP contribution is 2.11. The normalized spacial score (nSPS) is 8.00. The topological polar surface area (TPSA) is 37.3 Å². The lowest BCUT2D eigenvalue weighted by atomic mass is 10.2. The monoisotopic (exact) mass is 142 g/mol. The van der Waals surface area contributed by atoms with Crippen LogP contribution in [0.4, 0.5) is 4.70 Å².